The number of β-lactam (4-membered cyclic amide) rings is 1. The topological polar surface area (TPSA) is 305 Å². The molecule has 3 rings (SSSR count). The zero-order valence-corrected chi connectivity index (χ0v) is 23.3. The molecule has 9 N–H and O–H groups in total. The maximum Gasteiger partial charge on any atom is 0.350 e. The van der Waals surface area contributed by atoms with Crippen molar-refractivity contribution in [1.29, 1.82) is 0 Å². The molecule has 20 nitrogen and oxygen atoms in total. The summed E-state index contributed by atoms with van der Waals surface area (Å²) < 4.78 is 25.9. The van der Waals surface area contributed by atoms with Gasteiger partial charge >= 0.3 is 22.2 Å². The fourth-order valence-electron chi connectivity index (χ4n) is 3.07. The molecule has 0 radical (unpaired) electrons. The Labute approximate surface area is 239 Å². The Morgan fingerprint density at radius 2 is 1.93 bits per heavy atom. The molecular weight excluding hydrogens is 606 g/mol. The van der Waals surface area contributed by atoms with Crippen LogP contribution in [0, 0.1) is 0 Å². The minimum absolute atomic E-state index is 0.0429. The van der Waals surface area contributed by atoms with E-state index in [4.69, 9.17) is 10.6 Å². The van der Waals surface area contributed by atoms with Crippen molar-refractivity contribution in [1.82, 2.24) is 35.2 Å². The smallest absolute Gasteiger partial charge is 0.350 e. The van der Waals surface area contributed by atoms with E-state index in [9.17, 15) is 47.4 Å². The summed E-state index contributed by atoms with van der Waals surface area (Å²) in [5, 5.41) is 25.7. The Morgan fingerprint density at radius 3 is 2.48 bits per heavy atom. The van der Waals surface area contributed by atoms with E-state index < -0.39 is 80.2 Å². The summed E-state index contributed by atoms with van der Waals surface area (Å²) in [6.45, 7) is 3.64. The highest BCUT2D eigenvalue weighted by Gasteiger charge is 2.50. The van der Waals surface area contributed by atoms with E-state index in [-0.39, 0.29) is 10.8 Å². The van der Waals surface area contributed by atoms with Crippen molar-refractivity contribution in [3.05, 3.63) is 39.3 Å². The van der Waals surface area contributed by atoms with E-state index in [1.165, 1.54) is 35.7 Å². The monoisotopic (exact) mass is 629 g/mol. The van der Waals surface area contributed by atoms with Gasteiger partial charge in [-0.15, -0.1) is 16.2 Å². The number of nitrogen functional groups attached to an aromatic ring is 1. The molecule has 1 fully saturated rings. The maximum atomic E-state index is 12.9. The maximum absolute atomic E-state index is 12.9. The number of aliphatic carboxylic acids is 1. The summed E-state index contributed by atoms with van der Waals surface area (Å²) in [7, 11) is -4.79. The first-order valence-electron chi connectivity index (χ1n) is 11.3. The van der Waals surface area contributed by atoms with E-state index in [1.54, 1.807) is 5.43 Å². The van der Waals surface area contributed by atoms with Crippen LogP contribution in [-0.4, -0.2) is 86.6 Å². The molecule has 2 aromatic rings. The number of carboxylic acids is 1. The number of likely N-dealkylation sites (tertiary alicyclic amines) is 1. The van der Waals surface area contributed by atoms with Crippen molar-refractivity contribution in [2.24, 2.45) is 5.16 Å². The molecule has 0 aliphatic carbocycles. The van der Waals surface area contributed by atoms with Gasteiger partial charge in [-0.1, -0.05) is 5.16 Å². The van der Waals surface area contributed by atoms with E-state index in [0.717, 1.165) is 17.5 Å². The fourth-order valence-corrected chi connectivity index (χ4v) is 4.22. The Balaban J connectivity index is 1.64. The average molecular weight is 630 g/mol. The molecule has 2 atom stereocenters. The number of carboxylic acid groups (broad SMARTS) is 1. The average Bonchev–Trinajstić information content (AvgIpc) is 3.32. The molecule has 0 saturated carbocycles. The molecule has 0 unspecified atom stereocenters. The van der Waals surface area contributed by atoms with Gasteiger partial charge in [-0.05, 0) is 20.8 Å². The van der Waals surface area contributed by atoms with E-state index in [2.05, 4.69) is 20.4 Å². The number of urea groups is 1. The molecule has 2 aromatic heterocycles. The normalized spacial score (nSPS) is 17.2. The second-order valence-electron chi connectivity index (χ2n) is 8.88. The SMILES string of the molecule is C[C@@H]1[C@@H](NC(=O)C(=NOC(C)(C)C(=O)O)c2csc(N)n2)C(=O)N1C(=O)NS(=O)(=O)NNC(=O)c1cc(=O)c(O)c[nH]1. The second-order valence-corrected chi connectivity index (χ2v) is 11.2. The molecule has 0 aromatic carbocycles. The summed E-state index contributed by atoms with van der Waals surface area (Å²) in [5.41, 5.74) is 3.47. The minimum Gasteiger partial charge on any atom is -0.503 e. The summed E-state index contributed by atoms with van der Waals surface area (Å²) in [6, 6.07) is -3.19. The Bertz CT molecular complexity index is 1650. The van der Waals surface area contributed by atoms with Crippen LogP contribution in [0.5, 0.6) is 5.75 Å². The predicted molar refractivity (Wildman–Crippen MR) is 141 cm³/mol. The number of hydrogen-bond acceptors (Lipinski definition) is 14. The third-order valence-corrected chi connectivity index (χ3v) is 6.90. The molecule has 226 valence electrons. The van der Waals surface area contributed by atoms with Gasteiger partial charge < -0.3 is 31.1 Å². The van der Waals surface area contributed by atoms with Gasteiger partial charge in [0.2, 0.25) is 11.0 Å². The van der Waals surface area contributed by atoms with Crippen LogP contribution in [0.25, 0.3) is 0 Å². The Kier molecular flexibility index (Phi) is 8.83. The number of rotatable bonds is 10. The Hall–Kier alpha value is -5.09. The van der Waals surface area contributed by atoms with Gasteiger partial charge in [0.05, 0.1) is 6.04 Å². The first-order valence-corrected chi connectivity index (χ1v) is 13.7. The molecule has 5 amide bonds. The zero-order valence-electron chi connectivity index (χ0n) is 21.7. The van der Waals surface area contributed by atoms with Crippen LogP contribution < -0.4 is 31.5 Å². The zero-order chi connectivity index (χ0) is 31.6. The molecule has 3 heterocycles. The molecule has 0 bridgehead atoms. The number of imide groups is 1. The first-order chi connectivity index (χ1) is 19.4. The molecule has 0 spiro atoms. The minimum atomic E-state index is -4.79. The van der Waals surface area contributed by atoms with Gasteiger partial charge in [0.1, 0.15) is 17.4 Å². The Morgan fingerprint density at radius 1 is 1.26 bits per heavy atom. The number of carbonyl (C=O) groups excluding carboxylic acids is 4. The van der Waals surface area contributed by atoms with Gasteiger partial charge in [-0.25, -0.2) is 19.3 Å². The van der Waals surface area contributed by atoms with Crippen LogP contribution in [0.1, 0.15) is 37.0 Å². The highest BCUT2D eigenvalue weighted by Crippen LogP contribution is 2.21. The lowest BCUT2D eigenvalue weighted by atomic mass is 9.97. The number of hydrogen-bond donors (Lipinski definition) is 8. The second kappa shape index (κ2) is 11.8. The first kappa shape index (κ1) is 31.4. The number of nitrogens with two attached hydrogens (primary N) is 1. The lowest BCUT2D eigenvalue weighted by Crippen LogP contribution is -2.73. The number of oxime groups is 1. The summed E-state index contributed by atoms with van der Waals surface area (Å²) in [5.74, 6) is -5.31. The quantitative estimate of drug-likeness (QED) is 0.0755. The number of carbonyl (C=O) groups is 5. The molecule has 1 aliphatic rings. The summed E-state index contributed by atoms with van der Waals surface area (Å²) in [6.07, 6.45) is 0.796. The summed E-state index contributed by atoms with van der Waals surface area (Å²) in [4.78, 5) is 85.9. The predicted octanol–water partition coefficient (Wildman–Crippen LogP) is -2.69. The number of nitrogens with one attached hydrogen (secondary N) is 5. The van der Waals surface area contributed by atoms with E-state index in [0.29, 0.717) is 11.0 Å². The lowest BCUT2D eigenvalue weighted by Gasteiger charge is -2.43. The number of thiazole rings is 1. The molecule has 1 aliphatic heterocycles. The van der Waals surface area contributed by atoms with Crippen LogP contribution in [0.2, 0.25) is 0 Å². The number of H-pyrrole nitrogens is 1. The fraction of sp³-hybridized carbons (Fsp3) is 0.300. The van der Waals surface area contributed by atoms with Gasteiger partial charge in [0.25, 0.3) is 17.7 Å². The van der Waals surface area contributed by atoms with Crippen molar-refractivity contribution in [2.45, 2.75) is 38.5 Å². The number of nitrogens with zero attached hydrogens (tertiary/aromatic N) is 3. The summed E-state index contributed by atoms with van der Waals surface area (Å²) >= 11 is 0.936. The molecule has 42 heavy (non-hydrogen) atoms. The van der Waals surface area contributed by atoms with E-state index >= 15 is 0 Å². The number of anilines is 1. The van der Waals surface area contributed by atoms with Crippen molar-refractivity contribution in [3.63, 3.8) is 0 Å². The molecular formula is C20H23N9O11S2. The van der Waals surface area contributed by atoms with Gasteiger partial charge in [-0.2, -0.15) is 8.42 Å². The number of hydrazine groups is 1. The third-order valence-electron chi connectivity index (χ3n) is 5.42. The van der Waals surface area contributed by atoms with Crippen molar-refractivity contribution in [2.75, 3.05) is 5.73 Å². The van der Waals surface area contributed by atoms with Crippen molar-refractivity contribution < 1.29 is 47.4 Å². The lowest BCUT2D eigenvalue weighted by molar-refractivity contribution is -0.161. The number of aromatic nitrogens is 2. The largest absolute Gasteiger partial charge is 0.503 e. The van der Waals surface area contributed by atoms with Gasteiger partial charge in [-0.3, -0.25) is 29.5 Å². The van der Waals surface area contributed by atoms with Crippen molar-refractivity contribution >= 4 is 62.1 Å². The van der Waals surface area contributed by atoms with Crippen LogP contribution >= 0.6 is 11.3 Å². The van der Waals surface area contributed by atoms with Gasteiger partial charge in [0, 0.05) is 17.6 Å². The standard InChI is InChI=1S/C20H23N9O11S2/c1-7-12(24-15(33)13(9-6-41-18(21)23-9)26-40-20(2,3)17(35)36)16(34)29(7)19(37)27-42(38,39)28-25-14(32)8-4-10(30)11(31)5-22-8/h4-7,12,28,31H,1-3H3,(H2,21,23)(H,22,30)(H,24,33)(H,25,32)(H,27,37)(H,35,36)/t7-,12-/m1/s1. The van der Waals surface area contributed by atoms with Crippen molar-refractivity contribution in [3.8, 4) is 5.75 Å². The number of aromatic amines is 1. The third kappa shape index (κ3) is 6.97. The van der Waals surface area contributed by atoms with Crippen LogP contribution in [-0.2, 0) is 29.4 Å². The number of aromatic hydroxyl groups is 1. The number of amides is 5. The van der Waals surface area contributed by atoms with Crippen LogP contribution in [0.4, 0.5) is 9.93 Å². The number of pyridine rings is 1. The highest BCUT2D eigenvalue weighted by atomic mass is 32.2. The molecule has 1 saturated heterocycles. The van der Waals surface area contributed by atoms with E-state index in [1.807, 2.05) is 0 Å². The van der Waals surface area contributed by atoms with Crippen LogP contribution in [0.15, 0.2) is 27.6 Å². The molecule has 22 heteroatoms. The van der Waals surface area contributed by atoms with Gasteiger partial charge in [0.15, 0.2) is 16.6 Å². The van der Waals surface area contributed by atoms with Crippen LogP contribution in [0.3, 0.4) is 0 Å². The highest BCUT2D eigenvalue weighted by molar-refractivity contribution is 7.88.